The molecule has 4 rings (SSSR count). The highest BCUT2D eigenvalue weighted by Crippen LogP contribution is 2.29. The van der Waals surface area contributed by atoms with Crippen molar-refractivity contribution in [2.24, 2.45) is 0 Å². The first-order valence-corrected chi connectivity index (χ1v) is 10.2. The van der Waals surface area contributed by atoms with Crippen molar-refractivity contribution in [2.45, 2.75) is 44.8 Å². The molecule has 0 aliphatic carbocycles. The van der Waals surface area contributed by atoms with Gasteiger partial charge in [-0.3, -0.25) is 0 Å². The van der Waals surface area contributed by atoms with Crippen LogP contribution in [0.25, 0.3) is 11.0 Å². The highest BCUT2D eigenvalue weighted by atomic mass is 35.5. The van der Waals surface area contributed by atoms with Crippen LogP contribution in [0.2, 0.25) is 0 Å². The number of hydrogen-bond donors (Lipinski definition) is 1. The lowest BCUT2D eigenvalue weighted by molar-refractivity contribution is 0.0780. The summed E-state index contributed by atoms with van der Waals surface area (Å²) in [7, 11) is 0. The number of nitrogens with zero attached hydrogens (tertiary/aromatic N) is 2. The summed E-state index contributed by atoms with van der Waals surface area (Å²) < 4.78 is 13.5. The standard InChI is InChI=1S/C23H28N2O3.ClH/c1-2-17-7-9-20(10-8-17)28-16-19(26)15-25-22-6-4-3-5-21(22)24-23(25)18-11-13-27-14-12-18;/h3-10,18-19,26H,2,11-16H2,1H3;1H. The van der Waals surface area contributed by atoms with Crippen molar-refractivity contribution in [3.63, 3.8) is 0 Å². The van der Waals surface area contributed by atoms with Crippen LogP contribution < -0.4 is 4.74 Å². The summed E-state index contributed by atoms with van der Waals surface area (Å²) in [5, 5.41) is 10.7. The molecule has 0 amide bonds. The Balaban J connectivity index is 0.00000240. The van der Waals surface area contributed by atoms with Crippen molar-refractivity contribution in [1.82, 2.24) is 9.55 Å². The third-order valence-corrected chi connectivity index (χ3v) is 5.44. The molecule has 1 unspecified atom stereocenters. The second-order valence-electron chi connectivity index (χ2n) is 7.42. The number of aromatic nitrogens is 2. The Morgan fingerprint density at radius 3 is 2.59 bits per heavy atom. The molecular weight excluding hydrogens is 388 g/mol. The normalized spacial score (nSPS) is 15.8. The summed E-state index contributed by atoms with van der Waals surface area (Å²) in [6.07, 6.45) is 2.34. The number of ether oxygens (including phenoxy) is 2. The summed E-state index contributed by atoms with van der Waals surface area (Å²) in [5.74, 6) is 2.21. The van der Waals surface area contributed by atoms with E-state index in [-0.39, 0.29) is 19.0 Å². The predicted molar refractivity (Wildman–Crippen MR) is 117 cm³/mol. The van der Waals surface area contributed by atoms with Gasteiger partial charge in [0.05, 0.1) is 17.6 Å². The number of benzene rings is 2. The smallest absolute Gasteiger partial charge is 0.119 e. The molecular formula is C23H29ClN2O3. The maximum Gasteiger partial charge on any atom is 0.119 e. The van der Waals surface area contributed by atoms with Gasteiger partial charge < -0.3 is 19.1 Å². The average Bonchev–Trinajstić information content (AvgIpc) is 3.12. The van der Waals surface area contributed by atoms with E-state index in [2.05, 4.69) is 29.7 Å². The molecule has 0 spiro atoms. The fourth-order valence-electron chi connectivity index (χ4n) is 3.83. The molecule has 0 radical (unpaired) electrons. The molecule has 0 bridgehead atoms. The molecule has 1 aromatic heterocycles. The molecule has 1 aliphatic rings. The Hall–Kier alpha value is -2.08. The number of aryl methyl sites for hydroxylation is 1. The van der Waals surface area contributed by atoms with Gasteiger partial charge in [-0.2, -0.15) is 0 Å². The largest absolute Gasteiger partial charge is 0.491 e. The van der Waals surface area contributed by atoms with E-state index < -0.39 is 6.10 Å². The molecule has 2 heterocycles. The van der Waals surface area contributed by atoms with E-state index >= 15 is 0 Å². The van der Waals surface area contributed by atoms with E-state index in [1.54, 1.807) is 0 Å². The molecule has 1 aliphatic heterocycles. The van der Waals surface area contributed by atoms with Crippen molar-refractivity contribution in [2.75, 3.05) is 19.8 Å². The van der Waals surface area contributed by atoms with E-state index in [1.165, 1.54) is 5.56 Å². The number of para-hydroxylation sites is 2. The van der Waals surface area contributed by atoms with Crippen molar-refractivity contribution < 1.29 is 14.6 Å². The van der Waals surface area contributed by atoms with E-state index in [4.69, 9.17) is 14.5 Å². The van der Waals surface area contributed by atoms with Gasteiger partial charge in [0, 0.05) is 19.1 Å². The summed E-state index contributed by atoms with van der Waals surface area (Å²) in [4.78, 5) is 4.88. The Morgan fingerprint density at radius 2 is 1.86 bits per heavy atom. The summed E-state index contributed by atoms with van der Waals surface area (Å²) >= 11 is 0. The Labute approximate surface area is 178 Å². The molecule has 1 saturated heterocycles. The molecule has 156 valence electrons. The van der Waals surface area contributed by atoms with Crippen LogP contribution in [-0.4, -0.2) is 40.6 Å². The van der Waals surface area contributed by atoms with Crippen LogP contribution in [-0.2, 0) is 17.7 Å². The third kappa shape index (κ3) is 5.10. The SMILES string of the molecule is CCc1ccc(OCC(O)Cn2c(C3CCOCC3)nc3ccccc32)cc1.Cl. The minimum absolute atomic E-state index is 0. The molecule has 1 atom stereocenters. The number of fused-ring (bicyclic) bond motifs is 1. The maximum atomic E-state index is 10.7. The molecule has 3 aromatic rings. The minimum atomic E-state index is -0.609. The van der Waals surface area contributed by atoms with Crippen molar-refractivity contribution in [1.29, 1.82) is 0 Å². The summed E-state index contributed by atoms with van der Waals surface area (Å²) in [6, 6.07) is 16.2. The zero-order valence-corrected chi connectivity index (χ0v) is 17.6. The lowest BCUT2D eigenvalue weighted by atomic mass is 9.99. The Kier molecular flexibility index (Phi) is 7.53. The van der Waals surface area contributed by atoms with Crippen LogP contribution in [0.5, 0.6) is 5.75 Å². The number of rotatable bonds is 7. The van der Waals surface area contributed by atoms with E-state index in [0.29, 0.717) is 12.5 Å². The van der Waals surface area contributed by atoms with Gasteiger partial charge in [0.25, 0.3) is 0 Å². The summed E-state index contributed by atoms with van der Waals surface area (Å²) in [6.45, 7) is 4.40. The van der Waals surface area contributed by atoms with Crippen LogP contribution >= 0.6 is 12.4 Å². The van der Waals surface area contributed by atoms with E-state index in [9.17, 15) is 5.11 Å². The monoisotopic (exact) mass is 416 g/mol. The van der Waals surface area contributed by atoms with Crippen LogP contribution in [0.1, 0.15) is 37.1 Å². The topological polar surface area (TPSA) is 56.5 Å². The van der Waals surface area contributed by atoms with Crippen molar-refractivity contribution in [3.8, 4) is 5.75 Å². The van der Waals surface area contributed by atoms with E-state index in [0.717, 1.165) is 55.1 Å². The predicted octanol–water partition coefficient (Wildman–Crippen LogP) is 4.35. The van der Waals surface area contributed by atoms with Gasteiger partial charge >= 0.3 is 0 Å². The highest BCUT2D eigenvalue weighted by molar-refractivity contribution is 5.85. The quantitative estimate of drug-likeness (QED) is 0.622. The van der Waals surface area contributed by atoms with Crippen molar-refractivity contribution in [3.05, 3.63) is 59.9 Å². The Bertz CT molecular complexity index is 904. The maximum absolute atomic E-state index is 10.7. The van der Waals surface area contributed by atoms with Gasteiger partial charge in [-0.05, 0) is 49.1 Å². The Morgan fingerprint density at radius 1 is 1.14 bits per heavy atom. The zero-order chi connectivity index (χ0) is 19.3. The minimum Gasteiger partial charge on any atom is -0.491 e. The van der Waals surface area contributed by atoms with Gasteiger partial charge in [-0.1, -0.05) is 31.2 Å². The fraction of sp³-hybridized carbons (Fsp3) is 0.435. The number of aliphatic hydroxyl groups excluding tert-OH is 1. The van der Waals surface area contributed by atoms with Crippen molar-refractivity contribution >= 4 is 23.4 Å². The van der Waals surface area contributed by atoms with Gasteiger partial charge in [0.15, 0.2) is 0 Å². The zero-order valence-electron chi connectivity index (χ0n) is 16.8. The first-order valence-electron chi connectivity index (χ1n) is 10.2. The van der Waals surface area contributed by atoms with Gasteiger partial charge in [0.1, 0.15) is 24.3 Å². The molecule has 6 heteroatoms. The van der Waals surface area contributed by atoms with Gasteiger partial charge in [0.2, 0.25) is 0 Å². The number of hydrogen-bond acceptors (Lipinski definition) is 4. The average molecular weight is 417 g/mol. The fourth-order valence-corrected chi connectivity index (χ4v) is 3.83. The van der Waals surface area contributed by atoms with Crippen LogP contribution in [0, 0.1) is 0 Å². The number of halogens is 1. The van der Waals surface area contributed by atoms with Crippen LogP contribution in [0.3, 0.4) is 0 Å². The number of aliphatic hydroxyl groups is 1. The lowest BCUT2D eigenvalue weighted by Gasteiger charge is -2.23. The molecule has 5 nitrogen and oxygen atoms in total. The van der Waals surface area contributed by atoms with Gasteiger partial charge in [-0.25, -0.2) is 4.98 Å². The number of imidazole rings is 1. The first-order chi connectivity index (χ1) is 13.7. The molecule has 0 saturated carbocycles. The van der Waals surface area contributed by atoms with Crippen LogP contribution in [0.15, 0.2) is 48.5 Å². The highest BCUT2D eigenvalue weighted by Gasteiger charge is 2.24. The van der Waals surface area contributed by atoms with Crippen LogP contribution in [0.4, 0.5) is 0 Å². The third-order valence-electron chi connectivity index (χ3n) is 5.44. The summed E-state index contributed by atoms with van der Waals surface area (Å²) in [5.41, 5.74) is 3.32. The molecule has 1 fully saturated rings. The molecule has 29 heavy (non-hydrogen) atoms. The molecule has 2 aromatic carbocycles. The second-order valence-corrected chi connectivity index (χ2v) is 7.42. The lowest BCUT2D eigenvalue weighted by Crippen LogP contribution is -2.26. The first kappa shape index (κ1) is 21.6. The molecule has 1 N–H and O–H groups in total. The van der Waals surface area contributed by atoms with Gasteiger partial charge in [-0.15, -0.1) is 12.4 Å². The second kappa shape index (κ2) is 10.1. The van der Waals surface area contributed by atoms with E-state index in [1.807, 2.05) is 30.3 Å².